The van der Waals surface area contributed by atoms with Gasteiger partial charge in [0, 0.05) is 37.7 Å². The number of hydrogen-bond donors (Lipinski definition) is 1. The maximum atomic E-state index is 13.7. The monoisotopic (exact) mass is 487 g/mol. The number of rotatable bonds is 8. The summed E-state index contributed by atoms with van der Waals surface area (Å²) in [6, 6.07) is 2.01. The van der Waals surface area contributed by atoms with Crippen molar-refractivity contribution in [1.82, 2.24) is 15.1 Å². The lowest BCUT2D eigenvalue weighted by atomic mass is 9.96. The summed E-state index contributed by atoms with van der Waals surface area (Å²) in [6.07, 6.45) is 2.43. The predicted molar refractivity (Wildman–Crippen MR) is 125 cm³/mol. The van der Waals surface area contributed by atoms with Crippen molar-refractivity contribution < 1.29 is 22.4 Å². The van der Waals surface area contributed by atoms with E-state index in [0.29, 0.717) is 12.6 Å². The van der Waals surface area contributed by atoms with Crippen molar-refractivity contribution in [2.24, 2.45) is 11.8 Å². The second-order valence-corrected chi connectivity index (χ2v) is 10.1. The Morgan fingerprint density at radius 2 is 1.82 bits per heavy atom. The Morgan fingerprint density at radius 1 is 1.15 bits per heavy atom. The number of alkyl halides is 3. The highest BCUT2D eigenvalue weighted by Crippen LogP contribution is 2.31. The Bertz CT molecular complexity index is 831. The van der Waals surface area contributed by atoms with Crippen LogP contribution in [0.5, 0.6) is 0 Å². The Balaban J connectivity index is 1.43. The lowest BCUT2D eigenvalue weighted by molar-refractivity contribution is -0.137. The van der Waals surface area contributed by atoms with Gasteiger partial charge in [-0.3, -0.25) is 10.1 Å². The van der Waals surface area contributed by atoms with Crippen molar-refractivity contribution in [2.75, 3.05) is 46.4 Å². The largest absolute Gasteiger partial charge is 0.416 e. The molecule has 1 aliphatic carbocycles. The molecule has 1 amide bonds. The smallest absolute Gasteiger partial charge is 0.341 e. The number of benzene rings is 1. The predicted octanol–water partition coefficient (Wildman–Crippen LogP) is 5.11. The first kappa shape index (κ1) is 26.1. The number of carbonyl (C=O) groups is 1. The van der Waals surface area contributed by atoms with Gasteiger partial charge in [0.2, 0.25) is 0 Å². The minimum Gasteiger partial charge on any atom is -0.341 e. The molecule has 1 heterocycles. The van der Waals surface area contributed by atoms with Crippen LogP contribution >= 0.6 is 8.20 Å². The zero-order valence-electron chi connectivity index (χ0n) is 19.4. The highest BCUT2D eigenvalue weighted by atomic mass is 31.1. The number of halogens is 4. The van der Waals surface area contributed by atoms with E-state index in [-0.39, 0.29) is 11.5 Å². The van der Waals surface area contributed by atoms with Crippen molar-refractivity contribution in [2.45, 2.75) is 44.7 Å². The van der Waals surface area contributed by atoms with Gasteiger partial charge in [-0.05, 0) is 75.5 Å². The van der Waals surface area contributed by atoms with Crippen LogP contribution in [0, 0.1) is 17.7 Å². The van der Waals surface area contributed by atoms with Gasteiger partial charge in [0.25, 0.3) is 5.91 Å². The van der Waals surface area contributed by atoms with Gasteiger partial charge in [0.1, 0.15) is 5.82 Å². The highest BCUT2D eigenvalue weighted by Gasteiger charge is 2.32. The Kier molecular flexibility index (Phi) is 9.31. The molecule has 3 rings (SSSR count). The lowest BCUT2D eigenvalue weighted by Gasteiger charge is -2.34. The summed E-state index contributed by atoms with van der Waals surface area (Å²) in [5.74, 6) is -0.630. The third-order valence-electron chi connectivity index (χ3n) is 6.77. The Morgan fingerprint density at radius 3 is 2.42 bits per heavy atom. The van der Waals surface area contributed by atoms with Gasteiger partial charge in [-0.15, -0.1) is 0 Å². The standard InChI is InChI=1S/C24H34F4N3OP/c1-30(23(32)19-13-20(24(26,27)28)15-21(25)14-19)16-17-7-10-31(11-8-17)12-9-29-22(33-2)18-5-3-4-6-18/h13-15,17-18,29H,3-12,16H2,1-2H3. The van der Waals surface area contributed by atoms with Crippen LogP contribution in [-0.4, -0.2) is 67.6 Å². The molecule has 1 aliphatic heterocycles. The van der Waals surface area contributed by atoms with Gasteiger partial charge < -0.3 is 9.80 Å². The topological polar surface area (TPSA) is 35.6 Å². The van der Waals surface area contributed by atoms with Crippen molar-refractivity contribution in [3.05, 3.63) is 35.1 Å². The molecule has 184 valence electrons. The SMILES string of the molecule is C/P=C(/NCCN1CCC(CN(C)C(=O)c2cc(F)cc(C(F)(F)F)c2)CC1)C1CCCC1. The lowest BCUT2D eigenvalue weighted by Crippen LogP contribution is -2.42. The zero-order valence-corrected chi connectivity index (χ0v) is 20.3. The average molecular weight is 488 g/mol. The normalized spacial score (nSPS) is 19.3. The van der Waals surface area contributed by atoms with Gasteiger partial charge in [0.15, 0.2) is 0 Å². The molecule has 1 N–H and O–H groups in total. The number of carbonyl (C=O) groups excluding carboxylic acids is 1. The summed E-state index contributed by atoms with van der Waals surface area (Å²) < 4.78 is 52.5. The maximum absolute atomic E-state index is 13.7. The molecule has 1 aromatic carbocycles. The molecule has 2 aliphatic rings. The average Bonchev–Trinajstić information content (AvgIpc) is 3.31. The van der Waals surface area contributed by atoms with E-state index in [2.05, 4.69) is 16.9 Å². The van der Waals surface area contributed by atoms with Gasteiger partial charge >= 0.3 is 6.18 Å². The van der Waals surface area contributed by atoms with E-state index in [0.717, 1.165) is 57.1 Å². The van der Waals surface area contributed by atoms with Gasteiger partial charge in [-0.2, -0.15) is 13.2 Å². The fourth-order valence-electron chi connectivity index (χ4n) is 4.91. The van der Waals surface area contributed by atoms with Crippen LogP contribution in [-0.2, 0) is 6.18 Å². The van der Waals surface area contributed by atoms with E-state index >= 15 is 0 Å². The van der Waals surface area contributed by atoms with Crippen LogP contribution in [0.3, 0.4) is 0 Å². The van der Waals surface area contributed by atoms with E-state index in [4.69, 9.17) is 0 Å². The fraction of sp³-hybridized carbons (Fsp3) is 0.667. The van der Waals surface area contributed by atoms with Crippen molar-refractivity contribution >= 4 is 19.5 Å². The van der Waals surface area contributed by atoms with E-state index in [9.17, 15) is 22.4 Å². The molecule has 0 radical (unpaired) electrons. The van der Waals surface area contributed by atoms with Crippen LogP contribution in [0.15, 0.2) is 18.2 Å². The van der Waals surface area contributed by atoms with Crippen LogP contribution in [0.1, 0.15) is 54.4 Å². The molecular weight excluding hydrogens is 453 g/mol. The second-order valence-electron chi connectivity index (χ2n) is 9.21. The molecule has 1 saturated carbocycles. The second kappa shape index (κ2) is 11.8. The maximum Gasteiger partial charge on any atom is 0.416 e. The molecule has 0 unspecified atom stereocenters. The number of likely N-dealkylation sites (tertiary alicyclic amines) is 1. The third-order valence-corrected chi connectivity index (χ3v) is 7.78. The number of amides is 1. The minimum atomic E-state index is -4.69. The van der Waals surface area contributed by atoms with Crippen LogP contribution < -0.4 is 5.32 Å². The molecule has 4 nitrogen and oxygen atoms in total. The Labute approximate surface area is 195 Å². The summed E-state index contributed by atoms with van der Waals surface area (Å²) in [4.78, 5) is 16.5. The molecule has 1 saturated heterocycles. The Hall–Kier alpha value is -1.50. The molecule has 0 atom stereocenters. The third kappa shape index (κ3) is 7.49. The summed E-state index contributed by atoms with van der Waals surface area (Å²) in [6.45, 7) is 6.45. The summed E-state index contributed by atoms with van der Waals surface area (Å²) in [7, 11) is 2.90. The first-order valence-corrected chi connectivity index (χ1v) is 13.1. The summed E-state index contributed by atoms with van der Waals surface area (Å²) >= 11 is 0. The highest BCUT2D eigenvalue weighted by molar-refractivity contribution is 7.39. The summed E-state index contributed by atoms with van der Waals surface area (Å²) in [5.41, 5.74) is 0.0588. The molecule has 0 bridgehead atoms. The van der Waals surface area contributed by atoms with Crippen molar-refractivity contribution in [1.29, 1.82) is 0 Å². The van der Waals surface area contributed by atoms with Crippen LogP contribution in [0.2, 0.25) is 0 Å². The first-order chi connectivity index (χ1) is 15.7. The molecule has 0 spiro atoms. The molecular formula is C24H34F4N3OP. The van der Waals surface area contributed by atoms with Gasteiger partial charge in [-0.1, -0.05) is 21.0 Å². The zero-order chi connectivity index (χ0) is 24.0. The number of hydrogen-bond acceptors (Lipinski definition) is 2. The molecule has 1 aromatic rings. The molecule has 33 heavy (non-hydrogen) atoms. The van der Waals surface area contributed by atoms with Crippen molar-refractivity contribution in [3.8, 4) is 0 Å². The van der Waals surface area contributed by atoms with E-state index in [1.54, 1.807) is 7.05 Å². The van der Waals surface area contributed by atoms with Crippen LogP contribution in [0.4, 0.5) is 17.6 Å². The first-order valence-electron chi connectivity index (χ1n) is 11.7. The quantitative estimate of drug-likeness (QED) is 0.409. The fourth-order valence-corrected chi connectivity index (χ4v) is 5.80. The minimum absolute atomic E-state index is 0.266. The van der Waals surface area contributed by atoms with Crippen molar-refractivity contribution in [3.63, 3.8) is 0 Å². The summed E-state index contributed by atoms with van der Waals surface area (Å²) in [5, 5.41) is 3.65. The van der Waals surface area contributed by atoms with Gasteiger partial charge in [0.05, 0.1) is 5.56 Å². The van der Waals surface area contributed by atoms with E-state index in [1.165, 1.54) is 44.2 Å². The van der Waals surface area contributed by atoms with E-state index in [1.807, 2.05) is 0 Å². The molecule has 2 fully saturated rings. The number of piperidine rings is 1. The van der Waals surface area contributed by atoms with E-state index < -0.39 is 23.5 Å². The van der Waals surface area contributed by atoms with Gasteiger partial charge in [-0.25, -0.2) is 4.39 Å². The number of nitrogens with one attached hydrogen (secondary N) is 1. The molecule has 9 heteroatoms. The molecule has 0 aromatic heterocycles. The van der Waals surface area contributed by atoms with Crippen LogP contribution in [0.25, 0.3) is 0 Å². The number of nitrogens with zero attached hydrogens (tertiary/aromatic N) is 2.